The quantitative estimate of drug-likeness (QED) is 0.773. The van der Waals surface area contributed by atoms with E-state index in [1.807, 2.05) is 0 Å². The summed E-state index contributed by atoms with van der Waals surface area (Å²) in [5.74, 6) is 0. The van der Waals surface area contributed by atoms with Crippen LogP contribution in [0.25, 0.3) is 0 Å². The topological polar surface area (TPSA) is 15.3 Å². The van der Waals surface area contributed by atoms with E-state index in [1.54, 1.807) is 0 Å². The van der Waals surface area contributed by atoms with E-state index in [4.69, 9.17) is 0 Å². The second kappa shape index (κ2) is 8.72. The van der Waals surface area contributed by atoms with Crippen LogP contribution in [0.1, 0.15) is 31.2 Å². The molecule has 1 saturated heterocycles. The number of hydrogen-bond donors (Lipinski definition) is 1. The van der Waals surface area contributed by atoms with E-state index in [0.29, 0.717) is 0 Å². The minimum Gasteiger partial charge on any atom is -0.316 e. The van der Waals surface area contributed by atoms with Gasteiger partial charge in [0.2, 0.25) is 0 Å². The Balaban J connectivity index is 1.50. The molecule has 1 aromatic carbocycles. The number of nitrogens with zero attached hydrogens (tertiary/aromatic N) is 1. The first-order valence-electron chi connectivity index (χ1n) is 7.52. The number of rotatable bonds is 7. The van der Waals surface area contributed by atoms with Gasteiger partial charge in [0, 0.05) is 4.47 Å². The van der Waals surface area contributed by atoms with Crippen molar-refractivity contribution in [2.45, 2.75) is 32.1 Å². The Hall–Kier alpha value is -0.380. The maximum atomic E-state index is 3.55. The molecule has 2 nitrogen and oxygen atoms in total. The summed E-state index contributed by atoms with van der Waals surface area (Å²) in [7, 11) is 0. The standard InChI is InChI=1S/C16H25BrN2/c17-16-7-4-6-15(14-16)8-10-18-9-5-13-19-11-2-1-3-12-19/h4,6-7,14,18H,1-3,5,8-13H2. The van der Waals surface area contributed by atoms with Gasteiger partial charge in [0.1, 0.15) is 0 Å². The fraction of sp³-hybridized carbons (Fsp3) is 0.625. The summed E-state index contributed by atoms with van der Waals surface area (Å²) < 4.78 is 1.18. The van der Waals surface area contributed by atoms with Crippen LogP contribution in [0, 0.1) is 0 Å². The third kappa shape index (κ3) is 6.07. The van der Waals surface area contributed by atoms with Crippen molar-refractivity contribution < 1.29 is 0 Å². The second-order valence-corrected chi connectivity index (χ2v) is 6.30. The van der Waals surface area contributed by atoms with Crippen molar-refractivity contribution in [2.24, 2.45) is 0 Å². The molecular formula is C16H25BrN2. The number of benzene rings is 1. The molecule has 0 radical (unpaired) electrons. The molecule has 19 heavy (non-hydrogen) atoms. The Bertz CT molecular complexity index is 362. The van der Waals surface area contributed by atoms with Crippen LogP contribution < -0.4 is 5.32 Å². The van der Waals surface area contributed by atoms with Gasteiger partial charge in [-0.15, -0.1) is 0 Å². The van der Waals surface area contributed by atoms with Crippen molar-refractivity contribution in [1.29, 1.82) is 0 Å². The molecule has 0 saturated carbocycles. The fourth-order valence-corrected chi connectivity index (χ4v) is 3.11. The predicted molar refractivity (Wildman–Crippen MR) is 85.6 cm³/mol. The lowest BCUT2D eigenvalue weighted by molar-refractivity contribution is 0.226. The van der Waals surface area contributed by atoms with Gasteiger partial charge in [0.05, 0.1) is 0 Å². The van der Waals surface area contributed by atoms with Gasteiger partial charge in [-0.3, -0.25) is 0 Å². The molecule has 2 rings (SSSR count). The molecule has 1 fully saturated rings. The van der Waals surface area contributed by atoms with Crippen molar-refractivity contribution >= 4 is 15.9 Å². The fourth-order valence-electron chi connectivity index (χ4n) is 2.66. The van der Waals surface area contributed by atoms with E-state index < -0.39 is 0 Å². The summed E-state index contributed by atoms with van der Waals surface area (Å²) >= 11 is 3.51. The number of likely N-dealkylation sites (tertiary alicyclic amines) is 1. The summed E-state index contributed by atoms with van der Waals surface area (Å²) in [5, 5.41) is 3.55. The van der Waals surface area contributed by atoms with Crippen LogP contribution in [-0.4, -0.2) is 37.6 Å². The molecule has 0 aromatic heterocycles. The Labute approximate surface area is 125 Å². The van der Waals surface area contributed by atoms with Crippen molar-refractivity contribution in [1.82, 2.24) is 10.2 Å². The Kier molecular flexibility index (Phi) is 6.90. The van der Waals surface area contributed by atoms with Gasteiger partial charge < -0.3 is 10.2 Å². The van der Waals surface area contributed by atoms with Crippen LogP contribution in [0.15, 0.2) is 28.7 Å². The van der Waals surface area contributed by atoms with Crippen LogP contribution in [0.3, 0.4) is 0 Å². The molecule has 0 spiro atoms. The van der Waals surface area contributed by atoms with Crippen molar-refractivity contribution in [3.63, 3.8) is 0 Å². The molecule has 0 aliphatic carbocycles. The third-order valence-corrected chi connectivity index (χ3v) is 4.25. The smallest absolute Gasteiger partial charge is 0.0178 e. The highest BCUT2D eigenvalue weighted by Gasteiger charge is 2.08. The molecule has 0 amide bonds. The number of hydrogen-bond acceptors (Lipinski definition) is 2. The van der Waals surface area contributed by atoms with Gasteiger partial charge in [0.15, 0.2) is 0 Å². The maximum absolute atomic E-state index is 3.55. The molecule has 1 aliphatic rings. The summed E-state index contributed by atoms with van der Waals surface area (Å²) in [6.45, 7) is 6.13. The highest BCUT2D eigenvalue weighted by Crippen LogP contribution is 2.11. The normalized spacial score (nSPS) is 16.7. The summed E-state index contributed by atoms with van der Waals surface area (Å²) in [6.07, 6.45) is 6.62. The number of piperidine rings is 1. The lowest BCUT2D eigenvalue weighted by Gasteiger charge is -2.26. The highest BCUT2D eigenvalue weighted by molar-refractivity contribution is 9.10. The molecule has 1 aliphatic heterocycles. The summed E-state index contributed by atoms with van der Waals surface area (Å²) in [5.41, 5.74) is 1.40. The van der Waals surface area contributed by atoms with E-state index in [2.05, 4.69) is 50.4 Å². The monoisotopic (exact) mass is 324 g/mol. The first kappa shape index (κ1) is 15.0. The molecule has 0 unspecified atom stereocenters. The van der Waals surface area contributed by atoms with Gasteiger partial charge in [-0.1, -0.05) is 34.5 Å². The summed E-state index contributed by atoms with van der Waals surface area (Å²) in [4.78, 5) is 2.61. The number of halogens is 1. The molecule has 0 bridgehead atoms. The maximum Gasteiger partial charge on any atom is 0.0178 e. The lowest BCUT2D eigenvalue weighted by Crippen LogP contribution is -2.32. The minimum atomic E-state index is 1.08. The van der Waals surface area contributed by atoms with Gasteiger partial charge in [-0.2, -0.15) is 0 Å². The van der Waals surface area contributed by atoms with Crippen LogP contribution in [0.5, 0.6) is 0 Å². The zero-order valence-corrected chi connectivity index (χ0v) is 13.3. The molecule has 3 heteroatoms. The van der Waals surface area contributed by atoms with Crippen LogP contribution in [-0.2, 0) is 6.42 Å². The average molecular weight is 325 g/mol. The largest absolute Gasteiger partial charge is 0.316 e. The third-order valence-electron chi connectivity index (χ3n) is 3.76. The molecule has 106 valence electrons. The van der Waals surface area contributed by atoms with Crippen molar-refractivity contribution in [3.05, 3.63) is 34.3 Å². The Morgan fingerprint density at radius 2 is 1.95 bits per heavy atom. The van der Waals surface area contributed by atoms with Crippen molar-refractivity contribution in [2.75, 3.05) is 32.7 Å². The highest BCUT2D eigenvalue weighted by atomic mass is 79.9. The van der Waals surface area contributed by atoms with E-state index in [1.165, 1.54) is 55.4 Å². The van der Waals surface area contributed by atoms with E-state index in [9.17, 15) is 0 Å². The molecule has 0 atom stereocenters. The zero-order valence-electron chi connectivity index (χ0n) is 11.7. The van der Waals surface area contributed by atoms with Crippen LogP contribution in [0.4, 0.5) is 0 Å². The first-order valence-corrected chi connectivity index (χ1v) is 8.31. The molecule has 1 heterocycles. The molecular weight excluding hydrogens is 300 g/mol. The predicted octanol–water partition coefficient (Wildman–Crippen LogP) is 3.46. The van der Waals surface area contributed by atoms with Crippen LogP contribution in [0.2, 0.25) is 0 Å². The summed E-state index contributed by atoms with van der Waals surface area (Å²) in [6, 6.07) is 8.58. The molecule has 1 N–H and O–H groups in total. The van der Waals surface area contributed by atoms with E-state index in [-0.39, 0.29) is 0 Å². The lowest BCUT2D eigenvalue weighted by atomic mass is 10.1. The Morgan fingerprint density at radius 1 is 1.11 bits per heavy atom. The number of nitrogens with one attached hydrogen (secondary N) is 1. The minimum absolute atomic E-state index is 1.08. The van der Waals surface area contributed by atoms with Gasteiger partial charge in [-0.25, -0.2) is 0 Å². The Morgan fingerprint density at radius 3 is 2.74 bits per heavy atom. The molecule has 1 aromatic rings. The zero-order chi connectivity index (χ0) is 13.3. The van der Waals surface area contributed by atoms with E-state index >= 15 is 0 Å². The van der Waals surface area contributed by atoms with Crippen molar-refractivity contribution in [3.8, 4) is 0 Å². The SMILES string of the molecule is Brc1cccc(CCNCCCN2CCCCC2)c1. The van der Waals surface area contributed by atoms with Crippen LogP contribution >= 0.6 is 15.9 Å². The van der Waals surface area contributed by atoms with Gasteiger partial charge >= 0.3 is 0 Å². The average Bonchev–Trinajstić information content (AvgIpc) is 2.44. The van der Waals surface area contributed by atoms with Gasteiger partial charge in [0.25, 0.3) is 0 Å². The second-order valence-electron chi connectivity index (χ2n) is 5.39. The van der Waals surface area contributed by atoms with Gasteiger partial charge in [-0.05, 0) is 76.1 Å². The van der Waals surface area contributed by atoms with E-state index in [0.717, 1.165) is 19.5 Å². The first-order chi connectivity index (χ1) is 9.34.